The van der Waals surface area contributed by atoms with Gasteiger partial charge < -0.3 is 21.0 Å². The predicted octanol–water partition coefficient (Wildman–Crippen LogP) is 0.691. The van der Waals surface area contributed by atoms with Crippen molar-refractivity contribution in [3.63, 3.8) is 0 Å². The van der Waals surface area contributed by atoms with E-state index in [0.29, 0.717) is 28.8 Å². The first kappa shape index (κ1) is 26.9. The number of amides is 2. The summed E-state index contributed by atoms with van der Waals surface area (Å²) in [6.07, 6.45) is 2.75. The monoisotopic (exact) mass is 567 g/mol. The van der Waals surface area contributed by atoms with Crippen LogP contribution in [0.15, 0.2) is 27.0 Å². The summed E-state index contributed by atoms with van der Waals surface area (Å²) in [7, 11) is 1.68. The van der Waals surface area contributed by atoms with E-state index in [-0.39, 0.29) is 22.2 Å². The van der Waals surface area contributed by atoms with Gasteiger partial charge in [-0.05, 0) is 22.4 Å². The van der Waals surface area contributed by atoms with Gasteiger partial charge in [0, 0.05) is 23.9 Å². The maximum atomic E-state index is 13.1. The Morgan fingerprint density at radius 1 is 1.41 bits per heavy atom. The number of unbranched alkanes of at least 4 members (excludes halogenated alkanes) is 2. The molecule has 1 unspecified atom stereocenters. The van der Waals surface area contributed by atoms with Crippen LogP contribution in [-0.2, 0) is 26.3 Å². The molecule has 2 aliphatic heterocycles. The van der Waals surface area contributed by atoms with Crippen LogP contribution < -0.4 is 11.1 Å². The summed E-state index contributed by atoms with van der Waals surface area (Å²) < 4.78 is 1.48. The third-order valence-electron chi connectivity index (χ3n) is 5.47. The maximum Gasteiger partial charge on any atom is 0.352 e. The molecule has 17 heteroatoms. The van der Waals surface area contributed by atoms with Gasteiger partial charge in [0.25, 0.3) is 11.8 Å². The molecule has 2 amide bonds. The Balaban J connectivity index is 1.46. The quantitative estimate of drug-likeness (QED) is 0.107. The molecule has 0 aromatic carbocycles. The van der Waals surface area contributed by atoms with E-state index < -0.39 is 29.2 Å². The number of tetrazole rings is 1. The fourth-order valence-corrected chi connectivity index (χ4v) is 6.51. The molecule has 0 spiro atoms. The van der Waals surface area contributed by atoms with E-state index >= 15 is 0 Å². The molecular formula is C20H25N9O5S3. The molecule has 0 radical (unpaired) electrons. The molecule has 4 rings (SSSR count). The average Bonchev–Trinajstić information content (AvgIpc) is 3.49. The van der Waals surface area contributed by atoms with Crippen LogP contribution in [0.1, 0.15) is 31.9 Å². The van der Waals surface area contributed by atoms with E-state index in [4.69, 9.17) is 10.6 Å². The number of carboxylic acid groups (broad SMARTS) is 1. The molecule has 2 atom stereocenters. The molecule has 0 bridgehead atoms. The lowest BCUT2D eigenvalue weighted by molar-refractivity contribution is -0.150. The number of oxime groups is 1. The fourth-order valence-electron chi connectivity index (χ4n) is 3.63. The number of aliphatic carboxylic acids is 1. The minimum Gasteiger partial charge on any atom is -0.477 e. The van der Waals surface area contributed by atoms with E-state index in [0.717, 1.165) is 30.6 Å². The number of carbonyl (C=O) groups excluding carboxylic acids is 2. The topological polar surface area (TPSA) is 191 Å². The molecule has 4 heterocycles. The van der Waals surface area contributed by atoms with Crippen molar-refractivity contribution in [2.45, 2.75) is 42.8 Å². The summed E-state index contributed by atoms with van der Waals surface area (Å²) in [6, 6.07) is -0.926. The number of hydrogen-bond donors (Lipinski definition) is 3. The van der Waals surface area contributed by atoms with E-state index in [1.807, 2.05) is 0 Å². The number of thiazole rings is 1. The number of carbonyl (C=O) groups is 3. The molecule has 1 saturated heterocycles. The maximum absolute atomic E-state index is 13.1. The smallest absolute Gasteiger partial charge is 0.352 e. The number of nitrogens with two attached hydrogens (primary N) is 1. The third kappa shape index (κ3) is 5.88. The van der Waals surface area contributed by atoms with Gasteiger partial charge in [0.2, 0.25) is 5.16 Å². The van der Waals surface area contributed by atoms with Crippen molar-refractivity contribution in [3.8, 4) is 0 Å². The van der Waals surface area contributed by atoms with Gasteiger partial charge in [0.1, 0.15) is 29.4 Å². The van der Waals surface area contributed by atoms with Gasteiger partial charge in [-0.15, -0.1) is 28.2 Å². The van der Waals surface area contributed by atoms with E-state index in [1.54, 1.807) is 12.4 Å². The van der Waals surface area contributed by atoms with Gasteiger partial charge in [-0.25, -0.2) is 14.5 Å². The number of nitrogens with zero attached hydrogens (tertiary/aromatic N) is 7. The van der Waals surface area contributed by atoms with Crippen LogP contribution in [0.2, 0.25) is 0 Å². The van der Waals surface area contributed by atoms with Gasteiger partial charge in [0.15, 0.2) is 10.8 Å². The Kier molecular flexibility index (Phi) is 8.65. The number of aromatic nitrogens is 5. The molecule has 1 fully saturated rings. The van der Waals surface area contributed by atoms with Crippen molar-refractivity contribution in [1.82, 2.24) is 35.4 Å². The normalized spacial score (nSPS) is 19.5. The number of anilines is 1. The number of β-lactam (4-membered cyclic amide) rings is 1. The summed E-state index contributed by atoms with van der Waals surface area (Å²) in [5.74, 6) is -1.72. The van der Waals surface area contributed by atoms with Crippen molar-refractivity contribution in [2.24, 2.45) is 12.2 Å². The molecule has 2 aromatic rings. The van der Waals surface area contributed by atoms with Gasteiger partial charge in [-0.1, -0.05) is 36.7 Å². The fraction of sp³-hybridized carbons (Fsp3) is 0.500. The van der Waals surface area contributed by atoms with Crippen LogP contribution >= 0.6 is 34.9 Å². The Bertz CT molecular complexity index is 1240. The Hall–Kier alpha value is -3.18. The molecule has 4 N–H and O–H groups in total. The van der Waals surface area contributed by atoms with E-state index in [2.05, 4.69) is 37.9 Å². The lowest BCUT2D eigenvalue weighted by atomic mass is 10.0. The Morgan fingerprint density at radius 2 is 2.22 bits per heavy atom. The second-order valence-corrected chi connectivity index (χ2v) is 11.0. The van der Waals surface area contributed by atoms with Crippen LogP contribution in [-0.4, -0.2) is 88.2 Å². The zero-order valence-corrected chi connectivity index (χ0v) is 22.4. The molecule has 0 aliphatic carbocycles. The molecule has 2 aromatic heterocycles. The Morgan fingerprint density at radius 3 is 2.86 bits per heavy atom. The minimum absolute atomic E-state index is 0.0812. The van der Waals surface area contributed by atoms with Crippen LogP contribution in [0.4, 0.5) is 5.13 Å². The number of fused-ring (bicyclic) bond motifs is 1. The van der Waals surface area contributed by atoms with Crippen molar-refractivity contribution in [2.75, 3.05) is 23.8 Å². The summed E-state index contributed by atoms with van der Waals surface area (Å²) in [4.78, 5) is 48.9. The molecule has 2 aliphatic rings. The lowest BCUT2D eigenvalue weighted by Gasteiger charge is -2.49. The van der Waals surface area contributed by atoms with Crippen LogP contribution in [0.5, 0.6) is 0 Å². The number of rotatable bonds is 12. The van der Waals surface area contributed by atoms with Crippen molar-refractivity contribution < 1.29 is 24.3 Å². The van der Waals surface area contributed by atoms with Gasteiger partial charge in [-0.3, -0.25) is 14.5 Å². The van der Waals surface area contributed by atoms with Crippen LogP contribution in [0.3, 0.4) is 0 Å². The predicted molar refractivity (Wildman–Crippen MR) is 138 cm³/mol. The van der Waals surface area contributed by atoms with Gasteiger partial charge in [0.05, 0.1) is 0 Å². The highest BCUT2D eigenvalue weighted by Crippen LogP contribution is 2.41. The zero-order chi connectivity index (χ0) is 26.5. The SMILES string of the molecule is CCCCCON=C(C(=O)NC1C(=O)N2C(C(=O)O)=C(CSc3nnnn3C)CS[C@H]12)c1csc(N)n1. The van der Waals surface area contributed by atoms with Crippen LogP contribution in [0, 0.1) is 0 Å². The molecule has 198 valence electrons. The highest BCUT2D eigenvalue weighted by molar-refractivity contribution is 8.01. The lowest BCUT2D eigenvalue weighted by Crippen LogP contribution is -2.71. The second-order valence-electron chi connectivity index (χ2n) is 8.04. The number of nitrogens with one attached hydrogen (secondary N) is 1. The summed E-state index contributed by atoms with van der Waals surface area (Å²) in [5.41, 5.74) is 6.35. The first-order valence-electron chi connectivity index (χ1n) is 11.3. The molecular weight excluding hydrogens is 542 g/mol. The summed E-state index contributed by atoms with van der Waals surface area (Å²) >= 11 is 3.79. The van der Waals surface area contributed by atoms with Gasteiger partial charge in [-0.2, -0.15) is 0 Å². The van der Waals surface area contributed by atoms with Crippen molar-refractivity contribution in [3.05, 3.63) is 22.3 Å². The number of carboxylic acids is 1. The highest BCUT2D eigenvalue weighted by atomic mass is 32.2. The number of aryl methyl sites for hydroxylation is 1. The summed E-state index contributed by atoms with van der Waals surface area (Å²) in [6.45, 7) is 2.39. The number of thioether (sulfide) groups is 2. The third-order valence-corrected chi connectivity index (χ3v) is 8.58. The van der Waals surface area contributed by atoms with Gasteiger partial charge >= 0.3 is 5.97 Å². The number of nitrogen functional groups attached to an aromatic ring is 1. The van der Waals surface area contributed by atoms with E-state index in [9.17, 15) is 19.5 Å². The van der Waals surface area contributed by atoms with Crippen molar-refractivity contribution in [1.29, 1.82) is 0 Å². The minimum atomic E-state index is -1.21. The Labute approximate surface area is 224 Å². The second kappa shape index (κ2) is 11.9. The highest BCUT2D eigenvalue weighted by Gasteiger charge is 2.54. The standard InChI is InChI=1S/C20H25N9O5S3/c1-3-4-5-6-34-25-12(11-9-36-19(21)22-11)15(30)23-13-16(31)29-14(18(32)33)10(7-35-17(13)29)8-37-20-24-26-27-28(20)2/h9,13,17H,3-8H2,1-2H3,(H2,21,22)(H,23,30)(H,32,33)/t13?,17-/m1/s1. The molecule has 14 nitrogen and oxygen atoms in total. The zero-order valence-electron chi connectivity index (χ0n) is 20.0. The summed E-state index contributed by atoms with van der Waals surface area (Å²) in [5, 5.41) is 29.5. The average molecular weight is 568 g/mol. The molecule has 0 saturated carbocycles. The van der Waals surface area contributed by atoms with E-state index in [1.165, 1.54) is 33.1 Å². The van der Waals surface area contributed by atoms with Crippen molar-refractivity contribution >= 4 is 63.5 Å². The largest absolute Gasteiger partial charge is 0.477 e. The molecule has 37 heavy (non-hydrogen) atoms. The van der Waals surface area contributed by atoms with Crippen LogP contribution in [0.25, 0.3) is 0 Å². The number of hydrogen-bond acceptors (Lipinski definition) is 13. The first-order chi connectivity index (χ1) is 17.8. The first-order valence-corrected chi connectivity index (χ1v) is 14.2.